The molecule has 23 heavy (non-hydrogen) atoms. The molecule has 0 fully saturated rings. The molecule has 0 amide bonds. The van der Waals surface area contributed by atoms with Gasteiger partial charge in [0.25, 0.3) is 0 Å². The van der Waals surface area contributed by atoms with E-state index in [9.17, 15) is 5.11 Å². The Bertz CT molecular complexity index is 657. The molecule has 124 valence electrons. The molecule has 0 saturated heterocycles. The highest BCUT2D eigenvalue weighted by Crippen LogP contribution is 2.43. The van der Waals surface area contributed by atoms with Gasteiger partial charge < -0.3 is 25.1 Å². The Hall–Kier alpha value is -2.40. The number of ether oxygens (including phenoxy) is 3. The first-order chi connectivity index (χ1) is 11.1. The quantitative estimate of drug-likeness (QED) is 0.821. The van der Waals surface area contributed by atoms with Gasteiger partial charge in [-0.05, 0) is 36.7 Å². The van der Waals surface area contributed by atoms with Crippen molar-refractivity contribution in [2.75, 3.05) is 27.9 Å². The first-order valence-corrected chi connectivity index (χ1v) is 7.41. The van der Waals surface area contributed by atoms with Gasteiger partial charge in [0.1, 0.15) is 5.75 Å². The molecule has 0 heterocycles. The summed E-state index contributed by atoms with van der Waals surface area (Å²) < 4.78 is 16.3. The lowest BCUT2D eigenvalue weighted by Crippen LogP contribution is -2.16. The number of phenols is 1. The van der Waals surface area contributed by atoms with Gasteiger partial charge in [0.15, 0.2) is 11.5 Å². The maximum Gasteiger partial charge on any atom is 0.203 e. The van der Waals surface area contributed by atoms with Crippen LogP contribution in [-0.4, -0.2) is 33.0 Å². The smallest absolute Gasteiger partial charge is 0.203 e. The lowest BCUT2D eigenvalue weighted by molar-refractivity contribution is 0.320. The van der Waals surface area contributed by atoms with Gasteiger partial charge in [-0.1, -0.05) is 18.2 Å². The van der Waals surface area contributed by atoms with Crippen LogP contribution in [0.1, 0.15) is 17.0 Å². The predicted octanol–water partition coefficient (Wildman–Crippen LogP) is 2.70. The normalized spacial score (nSPS) is 11.8. The zero-order valence-electron chi connectivity index (χ0n) is 13.7. The van der Waals surface area contributed by atoms with Crippen LogP contribution < -0.4 is 19.9 Å². The summed E-state index contributed by atoms with van der Waals surface area (Å²) in [5.41, 5.74) is 7.95. The van der Waals surface area contributed by atoms with E-state index in [0.717, 1.165) is 11.1 Å². The summed E-state index contributed by atoms with van der Waals surface area (Å²) in [6, 6.07) is 11.0. The van der Waals surface area contributed by atoms with E-state index >= 15 is 0 Å². The molecule has 0 bridgehead atoms. The molecule has 0 saturated carbocycles. The summed E-state index contributed by atoms with van der Waals surface area (Å²) in [5.74, 6) is 2.08. The Morgan fingerprint density at radius 3 is 2.30 bits per heavy atom. The summed E-state index contributed by atoms with van der Waals surface area (Å²) in [4.78, 5) is 0. The summed E-state index contributed by atoms with van der Waals surface area (Å²) in [5, 5.41) is 9.63. The summed E-state index contributed by atoms with van der Waals surface area (Å²) in [6.07, 6.45) is 0.691. The van der Waals surface area contributed by atoms with Crippen LogP contribution in [0.5, 0.6) is 23.0 Å². The number of methoxy groups -OCH3 is 3. The average molecular weight is 317 g/mol. The molecule has 0 spiro atoms. The molecular formula is C18H23NO4. The van der Waals surface area contributed by atoms with Crippen molar-refractivity contribution in [1.29, 1.82) is 0 Å². The Morgan fingerprint density at radius 1 is 1.00 bits per heavy atom. The van der Waals surface area contributed by atoms with Crippen molar-refractivity contribution >= 4 is 0 Å². The van der Waals surface area contributed by atoms with Gasteiger partial charge in [0.2, 0.25) is 5.75 Å². The van der Waals surface area contributed by atoms with Crippen molar-refractivity contribution in [2.24, 2.45) is 5.73 Å². The first-order valence-electron chi connectivity index (χ1n) is 7.41. The molecule has 0 aromatic heterocycles. The van der Waals surface area contributed by atoms with E-state index in [1.165, 1.54) is 0 Å². The van der Waals surface area contributed by atoms with E-state index in [2.05, 4.69) is 0 Å². The third-order valence-corrected chi connectivity index (χ3v) is 3.85. The van der Waals surface area contributed by atoms with Crippen LogP contribution >= 0.6 is 0 Å². The Balaban J connectivity index is 2.41. The highest BCUT2D eigenvalue weighted by molar-refractivity contribution is 5.57. The molecule has 5 heteroatoms. The van der Waals surface area contributed by atoms with Gasteiger partial charge in [-0.2, -0.15) is 0 Å². The molecule has 0 radical (unpaired) electrons. The van der Waals surface area contributed by atoms with E-state index in [-0.39, 0.29) is 11.7 Å². The number of phenolic OH excluding ortho intramolecular Hbond substituents is 1. The van der Waals surface area contributed by atoms with E-state index in [0.29, 0.717) is 30.2 Å². The molecule has 2 aromatic rings. The van der Waals surface area contributed by atoms with Crippen molar-refractivity contribution in [3.05, 3.63) is 47.5 Å². The third kappa shape index (κ3) is 3.68. The average Bonchev–Trinajstić information content (AvgIpc) is 2.58. The highest BCUT2D eigenvalue weighted by Gasteiger charge is 2.22. The maximum atomic E-state index is 9.63. The zero-order valence-corrected chi connectivity index (χ0v) is 13.7. The predicted molar refractivity (Wildman–Crippen MR) is 89.7 cm³/mol. The Labute approximate surface area is 136 Å². The van der Waals surface area contributed by atoms with Crippen molar-refractivity contribution in [3.8, 4) is 23.0 Å². The van der Waals surface area contributed by atoms with Crippen LogP contribution in [0.15, 0.2) is 36.4 Å². The molecular weight excluding hydrogens is 294 g/mol. The topological polar surface area (TPSA) is 73.9 Å². The summed E-state index contributed by atoms with van der Waals surface area (Å²) in [7, 11) is 4.77. The minimum Gasteiger partial charge on any atom is -0.508 e. The molecule has 1 unspecified atom stereocenters. The molecule has 0 aliphatic heterocycles. The fourth-order valence-corrected chi connectivity index (χ4v) is 2.73. The molecule has 1 atom stereocenters. The van der Waals surface area contributed by atoms with Crippen molar-refractivity contribution in [2.45, 2.75) is 12.3 Å². The minimum absolute atomic E-state index is 0.0338. The highest BCUT2D eigenvalue weighted by atomic mass is 16.5. The van der Waals surface area contributed by atoms with Crippen molar-refractivity contribution in [3.63, 3.8) is 0 Å². The van der Waals surface area contributed by atoms with Gasteiger partial charge in [0, 0.05) is 11.5 Å². The second kappa shape index (κ2) is 7.74. The number of hydrogen-bond donors (Lipinski definition) is 2. The van der Waals surface area contributed by atoms with Crippen LogP contribution in [-0.2, 0) is 6.42 Å². The van der Waals surface area contributed by atoms with Gasteiger partial charge in [0.05, 0.1) is 21.3 Å². The van der Waals surface area contributed by atoms with E-state index in [1.807, 2.05) is 24.3 Å². The maximum absolute atomic E-state index is 9.63. The van der Waals surface area contributed by atoms with E-state index in [1.54, 1.807) is 33.5 Å². The molecule has 2 aromatic carbocycles. The van der Waals surface area contributed by atoms with Crippen molar-refractivity contribution < 1.29 is 19.3 Å². The number of benzene rings is 2. The molecule has 5 nitrogen and oxygen atoms in total. The van der Waals surface area contributed by atoms with Crippen LogP contribution in [0, 0.1) is 0 Å². The monoisotopic (exact) mass is 317 g/mol. The lowest BCUT2D eigenvalue weighted by Gasteiger charge is -2.21. The number of hydrogen-bond acceptors (Lipinski definition) is 5. The van der Waals surface area contributed by atoms with Gasteiger partial charge >= 0.3 is 0 Å². The lowest BCUT2D eigenvalue weighted by atomic mass is 9.91. The van der Waals surface area contributed by atoms with E-state index < -0.39 is 0 Å². The van der Waals surface area contributed by atoms with Crippen LogP contribution in [0.2, 0.25) is 0 Å². The Morgan fingerprint density at radius 2 is 1.74 bits per heavy atom. The van der Waals surface area contributed by atoms with Crippen LogP contribution in [0.3, 0.4) is 0 Å². The third-order valence-electron chi connectivity index (χ3n) is 3.85. The number of nitrogens with two attached hydrogens (primary N) is 1. The standard InChI is InChI=1S/C18H23NO4/c1-21-16-8-7-15(17(22-2)18(16)23-3)13(11-19)9-12-5-4-6-14(20)10-12/h4-8,10,13,20H,9,11,19H2,1-3H3. The molecule has 0 aliphatic rings. The largest absolute Gasteiger partial charge is 0.508 e. The second-order valence-corrected chi connectivity index (χ2v) is 5.23. The fraction of sp³-hybridized carbons (Fsp3) is 0.333. The van der Waals surface area contributed by atoms with Crippen LogP contribution in [0.4, 0.5) is 0 Å². The van der Waals surface area contributed by atoms with Gasteiger partial charge in [-0.25, -0.2) is 0 Å². The Kier molecular flexibility index (Phi) is 5.71. The zero-order chi connectivity index (χ0) is 16.8. The minimum atomic E-state index is 0.0338. The number of rotatable bonds is 7. The van der Waals surface area contributed by atoms with Gasteiger partial charge in [-0.15, -0.1) is 0 Å². The fourth-order valence-electron chi connectivity index (χ4n) is 2.73. The van der Waals surface area contributed by atoms with E-state index in [4.69, 9.17) is 19.9 Å². The van der Waals surface area contributed by atoms with Crippen molar-refractivity contribution in [1.82, 2.24) is 0 Å². The van der Waals surface area contributed by atoms with Gasteiger partial charge in [-0.3, -0.25) is 0 Å². The summed E-state index contributed by atoms with van der Waals surface area (Å²) >= 11 is 0. The molecule has 3 N–H and O–H groups in total. The molecule has 0 aliphatic carbocycles. The second-order valence-electron chi connectivity index (χ2n) is 5.23. The first kappa shape index (κ1) is 17.0. The SMILES string of the molecule is COc1ccc(C(CN)Cc2cccc(O)c2)c(OC)c1OC. The summed E-state index contributed by atoms with van der Waals surface area (Å²) in [6.45, 7) is 0.446. The van der Waals surface area contributed by atoms with Crippen LogP contribution in [0.25, 0.3) is 0 Å². The molecule has 2 rings (SSSR count). The number of aromatic hydroxyl groups is 1.